The maximum absolute atomic E-state index is 13.7. The van der Waals surface area contributed by atoms with Crippen molar-refractivity contribution < 1.29 is 14.0 Å². The molecule has 130 valence electrons. The Morgan fingerprint density at radius 3 is 2.75 bits per heavy atom. The van der Waals surface area contributed by atoms with Crippen molar-refractivity contribution in [3.8, 4) is 0 Å². The summed E-state index contributed by atoms with van der Waals surface area (Å²) in [5, 5.41) is 10.7. The van der Waals surface area contributed by atoms with Crippen molar-refractivity contribution in [1.29, 1.82) is 0 Å². The van der Waals surface area contributed by atoms with Gasteiger partial charge in [-0.25, -0.2) is 4.39 Å². The van der Waals surface area contributed by atoms with E-state index in [1.807, 2.05) is 13.8 Å². The van der Waals surface area contributed by atoms with Gasteiger partial charge in [0.05, 0.1) is 17.1 Å². The Balaban J connectivity index is 1.74. The molecule has 24 heavy (non-hydrogen) atoms. The Morgan fingerprint density at radius 1 is 1.42 bits per heavy atom. The van der Waals surface area contributed by atoms with Crippen LogP contribution in [0.25, 0.3) is 10.2 Å². The van der Waals surface area contributed by atoms with Gasteiger partial charge >= 0.3 is 0 Å². The molecule has 0 aromatic carbocycles. The lowest BCUT2D eigenvalue weighted by molar-refractivity contribution is -0.127. The average molecular weight is 352 g/mol. The van der Waals surface area contributed by atoms with E-state index in [2.05, 4.69) is 15.7 Å². The molecule has 0 bridgehead atoms. The lowest BCUT2D eigenvalue weighted by atomic mass is 10.2. The van der Waals surface area contributed by atoms with Crippen LogP contribution in [0.5, 0.6) is 0 Å². The highest BCUT2D eigenvalue weighted by atomic mass is 32.1. The molecular formula is C16H21FN4O2S. The van der Waals surface area contributed by atoms with Crippen LogP contribution in [0.2, 0.25) is 0 Å². The molecular weight excluding hydrogens is 331 g/mol. The number of carbonyl (C=O) groups excluding carboxylic acids is 2. The standard InChI is InChI=1S/C16H21FN4O2S/c1-9(2)7-18-13(22)12-6-10-11(20-21(3)14(10)24-12)8-19-15(23)16(17)4-5-16/h6,9H,4-5,7-8H2,1-3H3,(H,18,22)(H,19,23). The van der Waals surface area contributed by atoms with Crippen LogP contribution in [-0.2, 0) is 18.4 Å². The molecule has 1 aliphatic carbocycles. The van der Waals surface area contributed by atoms with Crippen LogP contribution in [0.4, 0.5) is 4.39 Å². The number of alkyl halides is 1. The molecule has 2 heterocycles. The summed E-state index contributed by atoms with van der Waals surface area (Å²) in [5.41, 5.74) is -1.05. The van der Waals surface area contributed by atoms with Crippen LogP contribution in [0, 0.1) is 5.92 Å². The van der Waals surface area contributed by atoms with Gasteiger partial charge in [-0.1, -0.05) is 13.8 Å². The van der Waals surface area contributed by atoms with Crippen LogP contribution >= 0.6 is 11.3 Å². The van der Waals surface area contributed by atoms with Crippen LogP contribution in [0.1, 0.15) is 42.1 Å². The lowest BCUT2D eigenvalue weighted by Crippen LogP contribution is -2.33. The van der Waals surface area contributed by atoms with Gasteiger partial charge < -0.3 is 10.6 Å². The van der Waals surface area contributed by atoms with Crippen molar-refractivity contribution >= 4 is 33.4 Å². The highest BCUT2D eigenvalue weighted by Crippen LogP contribution is 2.39. The Labute approximate surface area is 143 Å². The van der Waals surface area contributed by atoms with Gasteiger partial charge in [-0.05, 0) is 24.8 Å². The summed E-state index contributed by atoms with van der Waals surface area (Å²) < 4.78 is 15.4. The molecule has 0 radical (unpaired) electrons. The normalized spacial score (nSPS) is 15.7. The van der Waals surface area contributed by atoms with Crippen LogP contribution in [-0.4, -0.2) is 33.8 Å². The zero-order chi connectivity index (χ0) is 17.5. The molecule has 3 rings (SSSR count). The number of rotatable bonds is 6. The molecule has 6 nitrogen and oxygen atoms in total. The summed E-state index contributed by atoms with van der Waals surface area (Å²) in [6.45, 7) is 4.85. The fourth-order valence-electron chi connectivity index (χ4n) is 2.39. The molecule has 2 aromatic heterocycles. The Kier molecular flexibility index (Phi) is 4.33. The van der Waals surface area contributed by atoms with Gasteiger partial charge in [0.25, 0.3) is 11.8 Å². The molecule has 0 aliphatic heterocycles. The smallest absolute Gasteiger partial charge is 0.261 e. The van der Waals surface area contributed by atoms with Crippen molar-refractivity contribution in [2.45, 2.75) is 38.9 Å². The monoisotopic (exact) mass is 352 g/mol. The van der Waals surface area contributed by atoms with Gasteiger partial charge in [0.1, 0.15) is 4.83 Å². The zero-order valence-electron chi connectivity index (χ0n) is 14.0. The van der Waals surface area contributed by atoms with Crippen molar-refractivity contribution in [2.24, 2.45) is 13.0 Å². The summed E-state index contributed by atoms with van der Waals surface area (Å²) in [5.74, 6) is -0.307. The second-order valence-electron chi connectivity index (χ2n) is 6.65. The molecule has 0 unspecified atom stereocenters. The third-order valence-corrected chi connectivity index (χ3v) is 5.20. The minimum Gasteiger partial charge on any atom is -0.351 e. The van der Waals surface area contributed by atoms with Crippen molar-refractivity contribution in [2.75, 3.05) is 6.54 Å². The van der Waals surface area contributed by atoms with E-state index in [1.165, 1.54) is 11.3 Å². The third-order valence-electron chi connectivity index (χ3n) is 3.99. The first kappa shape index (κ1) is 16.9. The summed E-state index contributed by atoms with van der Waals surface area (Å²) in [6.07, 6.45) is 0.574. The third kappa shape index (κ3) is 3.28. The zero-order valence-corrected chi connectivity index (χ0v) is 14.8. The van der Waals surface area contributed by atoms with Gasteiger partial charge in [-0.3, -0.25) is 14.3 Å². The number of carbonyl (C=O) groups is 2. The Bertz CT molecular complexity index is 791. The van der Waals surface area contributed by atoms with Crippen molar-refractivity contribution in [3.05, 3.63) is 16.6 Å². The molecule has 0 spiro atoms. The summed E-state index contributed by atoms with van der Waals surface area (Å²) in [6, 6.07) is 1.78. The molecule has 0 saturated heterocycles. The number of nitrogens with zero attached hydrogens (tertiary/aromatic N) is 2. The first-order chi connectivity index (χ1) is 11.3. The lowest BCUT2D eigenvalue weighted by Gasteiger charge is -2.06. The van der Waals surface area contributed by atoms with E-state index < -0.39 is 11.6 Å². The van der Waals surface area contributed by atoms with Gasteiger partial charge in [0.15, 0.2) is 5.67 Å². The first-order valence-electron chi connectivity index (χ1n) is 8.01. The largest absolute Gasteiger partial charge is 0.351 e. The van der Waals surface area contributed by atoms with Crippen LogP contribution < -0.4 is 10.6 Å². The van der Waals surface area contributed by atoms with Gasteiger partial charge in [-0.15, -0.1) is 11.3 Å². The van der Waals surface area contributed by atoms with Crippen LogP contribution in [0.3, 0.4) is 0 Å². The number of fused-ring (bicyclic) bond motifs is 1. The van der Waals surface area contributed by atoms with E-state index in [-0.39, 0.29) is 25.3 Å². The second kappa shape index (κ2) is 6.16. The highest BCUT2D eigenvalue weighted by molar-refractivity contribution is 7.20. The Hall–Kier alpha value is -1.96. The minimum atomic E-state index is -1.69. The number of halogens is 1. The predicted octanol–water partition coefficient (Wildman–Crippen LogP) is 2.14. The van der Waals surface area contributed by atoms with E-state index in [0.29, 0.717) is 23.0 Å². The summed E-state index contributed by atoms with van der Waals surface area (Å²) >= 11 is 1.36. The van der Waals surface area contributed by atoms with Gasteiger partial charge in [-0.2, -0.15) is 5.10 Å². The van der Waals surface area contributed by atoms with E-state index in [0.717, 1.165) is 10.2 Å². The number of aryl methyl sites for hydroxylation is 1. The molecule has 2 amide bonds. The van der Waals surface area contributed by atoms with E-state index >= 15 is 0 Å². The first-order valence-corrected chi connectivity index (χ1v) is 8.82. The topological polar surface area (TPSA) is 76.0 Å². The molecule has 1 fully saturated rings. The molecule has 2 aromatic rings. The number of hydrogen-bond donors (Lipinski definition) is 2. The Morgan fingerprint density at radius 2 is 2.12 bits per heavy atom. The number of nitrogens with one attached hydrogen (secondary N) is 2. The summed E-state index contributed by atoms with van der Waals surface area (Å²) in [4.78, 5) is 25.4. The van der Waals surface area contributed by atoms with Gasteiger partial charge in [0.2, 0.25) is 0 Å². The SMILES string of the molecule is CC(C)CNC(=O)c1cc2c(CNC(=O)C3(F)CC3)nn(C)c2s1. The van der Waals surface area contributed by atoms with E-state index in [9.17, 15) is 14.0 Å². The highest BCUT2D eigenvalue weighted by Gasteiger charge is 2.50. The summed E-state index contributed by atoms with van der Waals surface area (Å²) in [7, 11) is 1.79. The maximum atomic E-state index is 13.7. The maximum Gasteiger partial charge on any atom is 0.261 e. The molecule has 1 saturated carbocycles. The average Bonchev–Trinajstić information content (AvgIpc) is 3.02. The van der Waals surface area contributed by atoms with Crippen molar-refractivity contribution in [3.63, 3.8) is 0 Å². The molecule has 1 aliphatic rings. The van der Waals surface area contributed by atoms with Gasteiger partial charge in [0, 0.05) is 19.0 Å². The van der Waals surface area contributed by atoms with Crippen LogP contribution in [0.15, 0.2) is 6.07 Å². The predicted molar refractivity (Wildman–Crippen MR) is 90.7 cm³/mol. The minimum absolute atomic E-state index is 0.111. The fraction of sp³-hybridized carbons (Fsp3) is 0.562. The number of thiophene rings is 1. The molecule has 0 atom stereocenters. The number of amides is 2. The fourth-order valence-corrected chi connectivity index (χ4v) is 3.40. The number of aromatic nitrogens is 2. The molecule has 8 heteroatoms. The van der Waals surface area contributed by atoms with E-state index in [1.54, 1.807) is 17.8 Å². The second-order valence-corrected chi connectivity index (χ2v) is 7.68. The number of hydrogen-bond acceptors (Lipinski definition) is 4. The quantitative estimate of drug-likeness (QED) is 0.836. The van der Waals surface area contributed by atoms with E-state index in [4.69, 9.17) is 0 Å². The van der Waals surface area contributed by atoms with Crippen molar-refractivity contribution in [1.82, 2.24) is 20.4 Å². The molecule has 2 N–H and O–H groups in total.